The van der Waals surface area contributed by atoms with Gasteiger partial charge in [-0.2, -0.15) is 11.8 Å². The largest absolute Gasteiger partial charge is 0.310 e. The highest BCUT2D eigenvalue weighted by atomic mass is 79.9. The molecule has 0 spiro atoms. The Labute approximate surface area is 140 Å². The summed E-state index contributed by atoms with van der Waals surface area (Å²) in [6.45, 7) is 5.28. The zero-order valence-electron chi connectivity index (χ0n) is 12.9. The molecule has 1 N–H and O–H groups in total. The molecule has 1 aromatic carbocycles. The normalized spacial score (nSPS) is 12.3. The van der Waals surface area contributed by atoms with Crippen LogP contribution in [0.1, 0.15) is 19.4 Å². The van der Waals surface area contributed by atoms with Crippen LogP contribution in [0.5, 0.6) is 0 Å². The maximum absolute atomic E-state index is 12.6. The second-order valence-corrected chi connectivity index (χ2v) is 8.97. The van der Waals surface area contributed by atoms with E-state index in [0.717, 1.165) is 11.3 Å². The average Bonchev–Trinajstić information content (AvgIpc) is 2.43. The van der Waals surface area contributed by atoms with Crippen molar-refractivity contribution in [1.82, 2.24) is 9.62 Å². The van der Waals surface area contributed by atoms with E-state index in [0.29, 0.717) is 28.5 Å². The summed E-state index contributed by atoms with van der Waals surface area (Å²) in [5.74, 6) is 0.780. The van der Waals surface area contributed by atoms with E-state index < -0.39 is 10.0 Å². The molecule has 1 rings (SSSR count). The lowest BCUT2D eigenvalue weighted by Gasteiger charge is -2.18. The molecule has 4 nitrogen and oxygen atoms in total. The molecule has 0 aliphatic carbocycles. The molecular weight excluding hydrogens is 372 g/mol. The van der Waals surface area contributed by atoms with Gasteiger partial charge in [-0.3, -0.25) is 0 Å². The van der Waals surface area contributed by atoms with Gasteiger partial charge in [0.25, 0.3) is 0 Å². The van der Waals surface area contributed by atoms with Crippen molar-refractivity contribution in [3.05, 3.63) is 28.2 Å². The Balaban J connectivity index is 3.02. The second kappa shape index (κ2) is 8.53. The van der Waals surface area contributed by atoms with Gasteiger partial charge in [0.2, 0.25) is 10.0 Å². The van der Waals surface area contributed by atoms with Gasteiger partial charge in [-0.1, -0.05) is 19.9 Å². The van der Waals surface area contributed by atoms with Crippen LogP contribution in [-0.4, -0.2) is 44.4 Å². The van der Waals surface area contributed by atoms with Crippen LogP contribution in [0, 0.1) is 0 Å². The number of thioether (sulfide) groups is 1. The summed E-state index contributed by atoms with van der Waals surface area (Å²) in [6.07, 6.45) is 1.97. The van der Waals surface area contributed by atoms with Crippen molar-refractivity contribution in [1.29, 1.82) is 0 Å². The quantitative estimate of drug-likeness (QED) is 0.736. The molecule has 21 heavy (non-hydrogen) atoms. The van der Waals surface area contributed by atoms with E-state index in [-0.39, 0.29) is 0 Å². The molecule has 0 bridgehead atoms. The van der Waals surface area contributed by atoms with Crippen molar-refractivity contribution in [2.75, 3.05) is 25.6 Å². The third-order valence-corrected chi connectivity index (χ3v) is 6.45. The third-order valence-electron chi connectivity index (χ3n) is 3.01. The molecule has 0 atom stereocenters. The third kappa shape index (κ3) is 5.56. The number of rotatable bonds is 8. The van der Waals surface area contributed by atoms with E-state index in [2.05, 4.69) is 35.1 Å². The van der Waals surface area contributed by atoms with Crippen LogP contribution in [-0.2, 0) is 16.6 Å². The maximum Gasteiger partial charge on any atom is 0.243 e. The highest BCUT2D eigenvalue weighted by molar-refractivity contribution is 9.10. The summed E-state index contributed by atoms with van der Waals surface area (Å²) in [6, 6.07) is 5.83. The van der Waals surface area contributed by atoms with Crippen molar-refractivity contribution in [2.24, 2.45) is 0 Å². The Morgan fingerprint density at radius 2 is 2.05 bits per heavy atom. The Hall–Kier alpha value is -0.0800. The lowest BCUT2D eigenvalue weighted by Crippen LogP contribution is -2.29. The average molecular weight is 395 g/mol. The summed E-state index contributed by atoms with van der Waals surface area (Å²) in [7, 11) is -1.84. The maximum atomic E-state index is 12.6. The molecule has 0 aliphatic rings. The number of sulfonamides is 1. The summed E-state index contributed by atoms with van der Waals surface area (Å²) in [4.78, 5) is 0.328. The monoisotopic (exact) mass is 394 g/mol. The summed E-state index contributed by atoms with van der Waals surface area (Å²) < 4.78 is 27.2. The number of hydrogen-bond acceptors (Lipinski definition) is 4. The van der Waals surface area contributed by atoms with Crippen molar-refractivity contribution < 1.29 is 8.42 Å². The minimum atomic E-state index is -3.46. The molecule has 0 saturated carbocycles. The minimum Gasteiger partial charge on any atom is -0.310 e. The first-order valence-electron chi connectivity index (χ1n) is 6.76. The molecule has 0 aromatic heterocycles. The van der Waals surface area contributed by atoms with E-state index in [1.165, 1.54) is 4.31 Å². The van der Waals surface area contributed by atoms with Crippen molar-refractivity contribution in [3.8, 4) is 0 Å². The van der Waals surface area contributed by atoms with Crippen LogP contribution in [0.3, 0.4) is 0 Å². The standard InChI is InChI=1S/C14H23BrN2O2S2/c1-11(2)16-10-12-5-6-13(15)14(9-12)21(18,19)17(3)7-8-20-4/h5-6,9,11,16H,7-8,10H2,1-4H3. The Morgan fingerprint density at radius 3 is 2.62 bits per heavy atom. The minimum absolute atomic E-state index is 0.328. The smallest absolute Gasteiger partial charge is 0.243 e. The predicted molar refractivity (Wildman–Crippen MR) is 94.3 cm³/mol. The molecular formula is C14H23BrN2O2S2. The van der Waals surface area contributed by atoms with Crippen LogP contribution < -0.4 is 5.32 Å². The molecule has 120 valence electrons. The van der Waals surface area contributed by atoms with E-state index in [1.54, 1.807) is 30.9 Å². The molecule has 0 radical (unpaired) electrons. The van der Waals surface area contributed by atoms with Gasteiger partial charge in [0.05, 0.1) is 4.90 Å². The van der Waals surface area contributed by atoms with E-state index >= 15 is 0 Å². The number of halogens is 1. The SMILES string of the molecule is CSCCN(C)S(=O)(=O)c1cc(CNC(C)C)ccc1Br. The lowest BCUT2D eigenvalue weighted by molar-refractivity contribution is 0.488. The second-order valence-electron chi connectivity index (χ2n) is 5.12. The predicted octanol–water partition coefficient (Wildman–Crippen LogP) is 2.93. The van der Waals surface area contributed by atoms with Gasteiger partial charge in [0.1, 0.15) is 0 Å². The zero-order valence-corrected chi connectivity index (χ0v) is 16.1. The number of hydrogen-bond donors (Lipinski definition) is 1. The van der Waals surface area contributed by atoms with Gasteiger partial charge in [-0.25, -0.2) is 12.7 Å². The first-order chi connectivity index (χ1) is 9.78. The Bertz CT molecular complexity index is 562. The molecule has 0 fully saturated rings. The fraction of sp³-hybridized carbons (Fsp3) is 0.571. The Morgan fingerprint density at radius 1 is 1.38 bits per heavy atom. The summed E-state index contributed by atoms with van der Waals surface area (Å²) >= 11 is 4.98. The molecule has 0 aliphatic heterocycles. The van der Waals surface area contributed by atoms with Crippen LogP contribution in [0.15, 0.2) is 27.6 Å². The summed E-state index contributed by atoms with van der Waals surface area (Å²) in [5, 5.41) is 3.30. The lowest BCUT2D eigenvalue weighted by atomic mass is 10.2. The van der Waals surface area contributed by atoms with E-state index in [4.69, 9.17) is 0 Å². The van der Waals surface area contributed by atoms with E-state index in [9.17, 15) is 8.42 Å². The first-order valence-corrected chi connectivity index (χ1v) is 10.4. The molecule has 0 saturated heterocycles. The van der Waals surface area contributed by atoms with Gasteiger partial charge in [-0.15, -0.1) is 0 Å². The van der Waals surface area contributed by atoms with Crippen LogP contribution in [0.25, 0.3) is 0 Å². The number of benzene rings is 1. The van der Waals surface area contributed by atoms with Gasteiger partial charge in [-0.05, 0) is 39.9 Å². The van der Waals surface area contributed by atoms with Crippen molar-refractivity contribution in [2.45, 2.75) is 31.3 Å². The van der Waals surface area contributed by atoms with Crippen molar-refractivity contribution >= 4 is 37.7 Å². The topological polar surface area (TPSA) is 49.4 Å². The number of nitrogens with zero attached hydrogens (tertiary/aromatic N) is 1. The van der Waals surface area contributed by atoms with Gasteiger partial charge in [0.15, 0.2) is 0 Å². The fourth-order valence-electron chi connectivity index (χ4n) is 1.69. The van der Waals surface area contributed by atoms with Crippen LogP contribution >= 0.6 is 27.7 Å². The van der Waals surface area contributed by atoms with Crippen LogP contribution in [0.4, 0.5) is 0 Å². The van der Waals surface area contributed by atoms with Gasteiger partial charge in [0, 0.05) is 36.4 Å². The fourth-order valence-corrected chi connectivity index (χ4v) is 4.40. The first kappa shape index (κ1) is 19.0. The molecule has 0 unspecified atom stereocenters. The van der Waals surface area contributed by atoms with Crippen LogP contribution in [0.2, 0.25) is 0 Å². The molecule has 7 heteroatoms. The van der Waals surface area contributed by atoms with Gasteiger partial charge >= 0.3 is 0 Å². The molecule has 1 aromatic rings. The highest BCUT2D eigenvalue weighted by Crippen LogP contribution is 2.26. The zero-order chi connectivity index (χ0) is 16.0. The molecule has 0 amide bonds. The highest BCUT2D eigenvalue weighted by Gasteiger charge is 2.23. The van der Waals surface area contributed by atoms with Gasteiger partial charge < -0.3 is 5.32 Å². The Kier molecular flexibility index (Phi) is 7.70. The summed E-state index contributed by atoms with van der Waals surface area (Å²) in [5.41, 5.74) is 0.962. The molecule has 0 heterocycles. The number of nitrogens with one attached hydrogen (secondary N) is 1. The van der Waals surface area contributed by atoms with Crippen molar-refractivity contribution in [3.63, 3.8) is 0 Å². The van der Waals surface area contributed by atoms with E-state index in [1.807, 2.05) is 12.3 Å².